The second kappa shape index (κ2) is 6.28. The van der Waals surface area contributed by atoms with E-state index in [0.717, 1.165) is 18.7 Å². The van der Waals surface area contributed by atoms with Crippen LogP contribution in [0.25, 0.3) is 0 Å². The number of hydrogen-bond acceptors (Lipinski definition) is 3. The fourth-order valence-electron chi connectivity index (χ4n) is 2.47. The molecular weight excluding hydrogens is 264 g/mol. The first kappa shape index (κ1) is 14.9. The molecule has 1 aromatic rings. The van der Waals surface area contributed by atoms with E-state index in [1.807, 2.05) is 16.8 Å². The molecule has 0 radical (unpaired) electrons. The van der Waals surface area contributed by atoms with Crippen molar-refractivity contribution in [3.05, 3.63) is 35.4 Å². The zero-order valence-electron chi connectivity index (χ0n) is 11.5. The standard InChI is InChI=1S/C14H19F2N3O/c1-18-4-5-19(9-11(7-18)14(17)20)8-10-6-12(15)2-3-13(10)16/h2-3,6,11H,4-5,7-9H2,1H3,(H2,17,20)/t11-/m1/s1. The molecule has 1 aliphatic heterocycles. The smallest absolute Gasteiger partial charge is 0.223 e. The van der Waals surface area contributed by atoms with Gasteiger partial charge in [0.15, 0.2) is 0 Å². The van der Waals surface area contributed by atoms with Crippen LogP contribution in [0, 0.1) is 17.6 Å². The Bertz CT molecular complexity index is 495. The Morgan fingerprint density at radius 2 is 2.10 bits per heavy atom. The molecule has 1 saturated heterocycles. The van der Waals surface area contributed by atoms with Crippen LogP contribution >= 0.6 is 0 Å². The summed E-state index contributed by atoms with van der Waals surface area (Å²) in [4.78, 5) is 15.4. The third-order valence-electron chi connectivity index (χ3n) is 3.61. The van der Waals surface area contributed by atoms with E-state index in [2.05, 4.69) is 0 Å². The first-order valence-electron chi connectivity index (χ1n) is 6.60. The topological polar surface area (TPSA) is 49.6 Å². The SMILES string of the molecule is CN1CCN(Cc2cc(F)ccc2F)C[C@H](C(N)=O)C1. The number of nitrogens with zero attached hydrogens (tertiary/aromatic N) is 2. The number of nitrogens with two attached hydrogens (primary N) is 1. The highest BCUT2D eigenvalue weighted by Crippen LogP contribution is 2.15. The van der Waals surface area contributed by atoms with Gasteiger partial charge in [-0.3, -0.25) is 9.69 Å². The Morgan fingerprint density at radius 1 is 1.35 bits per heavy atom. The van der Waals surface area contributed by atoms with E-state index in [9.17, 15) is 13.6 Å². The first-order chi connectivity index (χ1) is 9.45. The fourth-order valence-corrected chi connectivity index (χ4v) is 2.47. The van der Waals surface area contributed by atoms with Crippen molar-refractivity contribution in [3.8, 4) is 0 Å². The van der Waals surface area contributed by atoms with Gasteiger partial charge in [0.1, 0.15) is 11.6 Å². The molecule has 110 valence electrons. The maximum Gasteiger partial charge on any atom is 0.223 e. The van der Waals surface area contributed by atoms with Gasteiger partial charge in [-0.05, 0) is 25.2 Å². The van der Waals surface area contributed by atoms with Crippen molar-refractivity contribution in [2.45, 2.75) is 6.54 Å². The van der Waals surface area contributed by atoms with Crippen molar-refractivity contribution in [1.82, 2.24) is 9.80 Å². The predicted octanol–water partition coefficient (Wildman–Crippen LogP) is 0.814. The van der Waals surface area contributed by atoms with Gasteiger partial charge in [-0.25, -0.2) is 8.78 Å². The number of primary amides is 1. The second-order valence-corrected chi connectivity index (χ2v) is 5.33. The minimum atomic E-state index is -0.459. The number of benzene rings is 1. The van der Waals surface area contributed by atoms with Crippen molar-refractivity contribution < 1.29 is 13.6 Å². The Morgan fingerprint density at radius 3 is 2.80 bits per heavy atom. The largest absolute Gasteiger partial charge is 0.369 e. The van der Waals surface area contributed by atoms with Gasteiger partial charge in [0.2, 0.25) is 5.91 Å². The quantitative estimate of drug-likeness (QED) is 0.893. The molecule has 2 rings (SSSR count). The molecule has 0 saturated carbocycles. The van der Waals surface area contributed by atoms with Crippen molar-refractivity contribution in [2.24, 2.45) is 11.7 Å². The van der Waals surface area contributed by atoms with E-state index in [4.69, 9.17) is 5.73 Å². The van der Waals surface area contributed by atoms with E-state index in [0.29, 0.717) is 25.2 Å². The van der Waals surface area contributed by atoms with Crippen molar-refractivity contribution in [1.29, 1.82) is 0 Å². The van der Waals surface area contributed by atoms with E-state index in [1.54, 1.807) is 0 Å². The third kappa shape index (κ3) is 3.74. The molecule has 20 heavy (non-hydrogen) atoms. The van der Waals surface area contributed by atoms with Crippen LogP contribution in [0.2, 0.25) is 0 Å². The highest BCUT2D eigenvalue weighted by atomic mass is 19.1. The van der Waals surface area contributed by atoms with Crippen LogP contribution < -0.4 is 5.73 Å². The molecule has 1 atom stereocenters. The predicted molar refractivity (Wildman–Crippen MR) is 71.8 cm³/mol. The number of halogens is 2. The van der Waals surface area contributed by atoms with Gasteiger partial charge in [0.05, 0.1) is 5.92 Å². The van der Waals surface area contributed by atoms with Gasteiger partial charge in [-0.15, -0.1) is 0 Å². The summed E-state index contributed by atoms with van der Waals surface area (Å²) in [7, 11) is 1.92. The molecule has 0 aromatic heterocycles. The first-order valence-corrected chi connectivity index (χ1v) is 6.60. The maximum absolute atomic E-state index is 13.7. The Labute approximate surface area is 117 Å². The third-order valence-corrected chi connectivity index (χ3v) is 3.61. The summed E-state index contributed by atoms with van der Waals surface area (Å²) in [6.45, 7) is 2.80. The molecule has 0 aliphatic carbocycles. The van der Waals surface area contributed by atoms with Crippen LogP contribution in [0.15, 0.2) is 18.2 Å². The summed E-state index contributed by atoms with van der Waals surface area (Å²) in [6.07, 6.45) is 0. The number of rotatable bonds is 3. The van der Waals surface area contributed by atoms with Gasteiger partial charge in [-0.1, -0.05) is 0 Å². The van der Waals surface area contributed by atoms with Gasteiger partial charge < -0.3 is 10.6 Å². The lowest BCUT2D eigenvalue weighted by atomic mass is 10.1. The van der Waals surface area contributed by atoms with Crippen LogP contribution in [0.1, 0.15) is 5.56 Å². The summed E-state index contributed by atoms with van der Waals surface area (Å²) in [5, 5.41) is 0. The normalized spacial score (nSPS) is 21.6. The minimum absolute atomic E-state index is 0.279. The van der Waals surface area contributed by atoms with E-state index >= 15 is 0 Å². The van der Waals surface area contributed by atoms with Crippen LogP contribution in [0.4, 0.5) is 8.78 Å². The van der Waals surface area contributed by atoms with Crippen LogP contribution in [-0.4, -0.2) is 48.9 Å². The summed E-state index contributed by atoms with van der Waals surface area (Å²) < 4.78 is 26.8. The number of hydrogen-bond donors (Lipinski definition) is 1. The lowest BCUT2D eigenvalue weighted by molar-refractivity contribution is -0.122. The van der Waals surface area contributed by atoms with E-state index in [-0.39, 0.29) is 18.4 Å². The van der Waals surface area contributed by atoms with Crippen molar-refractivity contribution in [3.63, 3.8) is 0 Å². The van der Waals surface area contributed by atoms with Gasteiger partial charge in [0.25, 0.3) is 0 Å². The fraction of sp³-hybridized carbons (Fsp3) is 0.500. The maximum atomic E-state index is 13.7. The average molecular weight is 283 g/mol. The average Bonchev–Trinajstić information content (AvgIpc) is 2.56. The zero-order valence-corrected chi connectivity index (χ0v) is 11.5. The highest BCUT2D eigenvalue weighted by Gasteiger charge is 2.25. The molecule has 0 unspecified atom stereocenters. The van der Waals surface area contributed by atoms with Crippen molar-refractivity contribution in [2.75, 3.05) is 33.2 Å². The lowest BCUT2D eigenvalue weighted by Crippen LogP contribution is -2.37. The molecule has 1 heterocycles. The van der Waals surface area contributed by atoms with Crippen LogP contribution in [0.3, 0.4) is 0 Å². The molecule has 1 aromatic carbocycles. The van der Waals surface area contributed by atoms with E-state index in [1.165, 1.54) is 6.07 Å². The lowest BCUT2D eigenvalue weighted by Gasteiger charge is -2.22. The monoisotopic (exact) mass is 283 g/mol. The number of amides is 1. The number of carbonyl (C=O) groups excluding carboxylic acids is 1. The van der Waals surface area contributed by atoms with Crippen LogP contribution in [0.5, 0.6) is 0 Å². The zero-order chi connectivity index (χ0) is 14.7. The van der Waals surface area contributed by atoms with Crippen LogP contribution in [-0.2, 0) is 11.3 Å². The summed E-state index contributed by atoms with van der Waals surface area (Å²) in [5.41, 5.74) is 5.69. The molecular formula is C14H19F2N3O. The molecule has 1 aliphatic rings. The molecule has 1 fully saturated rings. The number of carbonyl (C=O) groups is 1. The second-order valence-electron chi connectivity index (χ2n) is 5.33. The molecule has 0 spiro atoms. The Balaban J connectivity index is 2.11. The summed E-state index contributed by atoms with van der Waals surface area (Å²) >= 11 is 0. The summed E-state index contributed by atoms with van der Waals surface area (Å²) in [5.74, 6) is -1.54. The summed E-state index contributed by atoms with van der Waals surface area (Å²) in [6, 6.07) is 3.42. The van der Waals surface area contributed by atoms with Gasteiger partial charge in [0, 0.05) is 38.3 Å². The Hall–Kier alpha value is -1.53. The van der Waals surface area contributed by atoms with Gasteiger partial charge in [-0.2, -0.15) is 0 Å². The molecule has 0 bridgehead atoms. The van der Waals surface area contributed by atoms with Crippen molar-refractivity contribution >= 4 is 5.91 Å². The van der Waals surface area contributed by atoms with E-state index < -0.39 is 11.6 Å². The molecule has 1 amide bonds. The minimum Gasteiger partial charge on any atom is -0.369 e. The molecule has 4 nitrogen and oxygen atoms in total. The molecule has 6 heteroatoms. The molecule has 2 N–H and O–H groups in total. The van der Waals surface area contributed by atoms with Gasteiger partial charge >= 0.3 is 0 Å². The Kier molecular flexibility index (Phi) is 4.67. The highest BCUT2D eigenvalue weighted by molar-refractivity contribution is 5.77. The number of likely N-dealkylation sites (N-methyl/N-ethyl adjacent to an activating group) is 1.